The molecule has 1 aromatic carbocycles. The Hall–Kier alpha value is -1.46. The maximum atomic E-state index is 12.1. The van der Waals surface area contributed by atoms with E-state index in [1.807, 2.05) is 13.8 Å². The number of aryl methyl sites for hydroxylation is 1. The van der Waals surface area contributed by atoms with Gasteiger partial charge in [-0.05, 0) is 44.7 Å². The molecule has 1 aromatic rings. The summed E-state index contributed by atoms with van der Waals surface area (Å²) in [6.45, 7) is 8.06. The Morgan fingerprint density at radius 1 is 0.857 bits per heavy atom. The lowest BCUT2D eigenvalue weighted by Gasteiger charge is -2.16. The van der Waals surface area contributed by atoms with Gasteiger partial charge in [0.25, 0.3) is 10.1 Å². The molecule has 0 aromatic heterocycles. The molecule has 2 atom stereocenters. The molecule has 200 valence electrons. The van der Waals surface area contributed by atoms with E-state index in [1.165, 1.54) is 44.9 Å². The first-order valence-corrected chi connectivity index (χ1v) is 14.8. The van der Waals surface area contributed by atoms with Crippen LogP contribution in [0.1, 0.15) is 96.5 Å². The first-order valence-electron chi connectivity index (χ1n) is 13.4. The van der Waals surface area contributed by atoms with Crippen LogP contribution in [0.4, 0.5) is 0 Å². The van der Waals surface area contributed by atoms with Crippen LogP contribution in [0.3, 0.4) is 0 Å². The number of hydrogen-bond acceptors (Lipinski definition) is 6. The molecule has 1 rings (SSSR count). The van der Waals surface area contributed by atoms with E-state index in [1.54, 1.807) is 24.3 Å². The predicted molar refractivity (Wildman–Crippen MR) is 141 cm³/mol. The van der Waals surface area contributed by atoms with Crippen LogP contribution < -0.4 is 0 Å². The zero-order valence-corrected chi connectivity index (χ0v) is 23.0. The molecule has 0 N–H and O–H groups in total. The van der Waals surface area contributed by atoms with E-state index < -0.39 is 10.1 Å². The smallest absolute Gasteiger partial charge is 0.296 e. The number of nitrogens with zero attached hydrogens (tertiary/aromatic N) is 1. The van der Waals surface area contributed by atoms with Crippen LogP contribution in [-0.4, -0.2) is 40.9 Å². The standard InChI is InChI=1S/C28H47NO5S/c1-4-32-21-22-33-27(24-29)23-26(3)15-13-11-9-7-5-6-8-10-12-14-20-34-35(30,31)28-18-16-25(2)17-19-28/h16-19,26-27H,4-15,20-23H2,1-3H3. The van der Waals surface area contributed by atoms with Gasteiger partial charge in [-0.1, -0.05) is 88.8 Å². The summed E-state index contributed by atoms with van der Waals surface area (Å²) < 4.78 is 40.3. The highest BCUT2D eigenvalue weighted by Gasteiger charge is 2.14. The van der Waals surface area contributed by atoms with Crippen molar-refractivity contribution in [3.05, 3.63) is 29.8 Å². The molecule has 0 aliphatic rings. The van der Waals surface area contributed by atoms with Crippen LogP contribution in [0.25, 0.3) is 0 Å². The summed E-state index contributed by atoms with van der Waals surface area (Å²) in [7, 11) is -3.63. The Balaban J connectivity index is 1.93. The van der Waals surface area contributed by atoms with Crippen LogP contribution >= 0.6 is 0 Å². The molecule has 0 heterocycles. The van der Waals surface area contributed by atoms with Gasteiger partial charge in [0.1, 0.15) is 6.10 Å². The number of rotatable bonds is 22. The minimum Gasteiger partial charge on any atom is -0.379 e. The second kappa shape index (κ2) is 19.7. The number of unbranched alkanes of at least 4 members (excludes halogenated alkanes) is 9. The first-order chi connectivity index (χ1) is 16.9. The van der Waals surface area contributed by atoms with Gasteiger partial charge in [-0.2, -0.15) is 13.7 Å². The van der Waals surface area contributed by atoms with Crippen LogP contribution in [0.5, 0.6) is 0 Å². The van der Waals surface area contributed by atoms with Gasteiger partial charge in [0.2, 0.25) is 0 Å². The van der Waals surface area contributed by atoms with Gasteiger partial charge in [-0.3, -0.25) is 4.18 Å². The maximum Gasteiger partial charge on any atom is 0.296 e. The Labute approximate surface area is 214 Å². The Morgan fingerprint density at radius 3 is 2.00 bits per heavy atom. The highest BCUT2D eigenvalue weighted by Crippen LogP contribution is 2.18. The topological polar surface area (TPSA) is 85.6 Å². The van der Waals surface area contributed by atoms with Gasteiger partial charge >= 0.3 is 0 Å². The number of nitriles is 1. The quantitative estimate of drug-likeness (QED) is 0.124. The van der Waals surface area contributed by atoms with Crippen molar-refractivity contribution in [3.63, 3.8) is 0 Å². The number of ether oxygens (including phenoxy) is 2. The second-order valence-corrected chi connectivity index (χ2v) is 11.1. The van der Waals surface area contributed by atoms with Crippen molar-refractivity contribution in [1.82, 2.24) is 0 Å². The molecule has 0 saturated carbocycles. The Kier molecular flexibility index (Phi) is 17.8. The number of hydrogen-bond donors (Lipinski definition) is 0. The summed E-state index contributed by atoms with van der Waals surface area (Å²) in [6, 6.07) is 9.01. The molecule has 6 nitrogen and oxygen atoms in total. The van der Waals surface area contributed by atoms with Gasteiger partial charge in [0, 0.05) is 6.61 Å². The summed E-state index contributed by atoms with van der Waals surface area (Å²) in [4.78, 5) is 0.228. The molecule has 0 radical (unpaired) electrons. The van der Waals surface area contributed by atoms with Crippen molar-refractivity contribution in [3.8, 4) is 6.07 Å². The molecule has 0 aliphatic heterocycles. The molecule has 7 heteroatoms. The fraction of sp³-hybridized carbons (Fsp3) is 0.750. The van der Waals surface area contributed by atoms with E-state index in [0.717, 1.165) is 37.7 Å². The van der Waals surface area contributed by atoms with Crippen LogP contribution in [-0.2, 0) is 23.8 Å². The highest BCUT2D eigenvalue weighted by molar-refractivity contribution is 7.86. The molecule has 0 bridgehead atoms. The minimum absolute atomic E-state index is 0.228. The largest absolute Gasteiger partial charge is 0.379 e. The third kappa shape index (κ3) is 16.0. The zero-order valence-electron chi connectivity index (χ0n) is 22.2. The third-order valence-electron chi connectivity index (χ3n) is 6.15. The van der Waals surface area contributed by atoms with Crippen molar-refractivity contribution in [2.24, 2.45) is 5.92 Å². The SMILES string of the molecule is CCOCCOC(C#N)CC(C)CCCCCCCCCCCCOS(=O)(=O)c1ccc(C)cc1. The average molecular weight is 510 g/mol. The van der Waals surface area contributed by atoms with Crippen molar-refractivity contribution in [2.45, 2.75) is 109 Å². The molecule has 0 aliphatic carbocycles. The van der Waals surface area contributed by atoms with Gasteiger partial charge < -0.3 is 9.47 Å². The third-order valence-corrected chi connectivity index (χ3v) is 7.48. The van der Waals surface area contributed by atoms with E-state index in [4.69, 9.17) is 13.7 Å². The van der Waals surface area contributed by atoms with Gasteiger partial charge in [-0.15, -0.1) is 0 Å². The Bertz CT molecular complexity index is 789. The molecule has 0 amide bonds. The fourth-order valence-electron chi connectivity index (χ4n) is 3.99. The summed E-state index contributed by atoms with van der Waals surface area (Å²) in [6.07, 6.45) is 13.2. The summed E-state index contributed by atoms with van der Waals surface area (Å²) in [5.41, 5.74) is 1.03. The lowest BCUT2D eigenvalue weighted by molar-refractivity contribution is 0.0212. The summed E-state index contributed by atoms with van der Waals surface area (Å²) in [5.74, 6) is 0.502. The van der Waals surface area contributed by atoms with Crippen LogP contribution in [0.2, 0.25) is 0 Å². The predicted octanol–water partition coefficient (Wildman–Crippen LogP) is 6.96. The lowest BCUT2D eigenvalue weighted by Crippen LogP contribution is -2.17. The Morgan fingerprint density at radius 2 is 1.43 bits per heavy atom. The normalized spacial score (nSPS) is 13.4. The second-order valence-electron chi connectivity index (χ2n) is 9.44. The van der Waals surface area contributed by atoms with Crippen molar-refractivity contribution >= 4 is 10.1 Å². The number of benzene rings is 1. The molecular formula is C28H47NO5S. The van der Waals surface area contributed by atoms with Crippen LogP contribution in [0.15, 0.2) is 29.2 Å². The van der Waals surface area contributed by atoms with Gasteiger partial charge in [0.15, 0.2) is 0 Å². The maximum absolute atomic E-state index is 12.1. The zero-order chi connectivity index (χ0) is 25.8. The molecule has 0 spiro atoms. The lowest BCUT2D eigenvalue weighted by atomic mass is 9.96. The van der Waals surface area contributed by atoms with E-state index in [2.05, 4.69) is 13.0 Å². The molecule has 0 saturated heterocycles. The van der Waals surface area contributed by atoms with Crippen molar-refractivity contribution < 1.29 is 22.1 Å². The molecule has 2 unspecified atom stereocenters. The van der Waals surface area contributed by atoms with Gasteiger partial charge in [-0.25, -0.2) is 0 Å². The molecule has 35 heavy (non-hydrogen) atoms. The average Bonchev–Trinajstić information content (AvgIpc) is 2.84. The van der Waals surface area contributed by atoms with Crippen LogP contribution in [0, 0.1) is 24.2 Å². The molecule has 0 fully saturated rings. The van der Waals surface area contributed by atoms with E-state index in [-0.39, 0.29) is 17.6 Å². The fourth-order valence-corrected chi connectivity index (χ4v) is 4.93. The van der Waals surface area contributed by atoms with E-state index in [0.29, 0.717) is 25.7 Å². The summed E-state index contributed by atoms with van der Waals surface area (Å²) >= 11 is 0. The summed E-state index contributed by atoms with van der Waals surface area (Å²) in [5, 5.41) is 9.24. The minimum atomic E-state index is -3.63. The van der Waals surface area contributed by atoms with Crippen molar-refractivity contribution in [1.29, 1.82) is 5.26 Å². The van der Waals surface area contributed by atoms with Crippen molar-refractivity contribution in [2.75, 3.05) is 26.4 Å². The van der Waals surface area contributed by atoms with Gasteiger partial charge in [0.05, 0.1) is 30.8 Å². The first kappa shape index (κ1) is 31.6. The monoisotopic (exact) mass is 509 g/mol. The molecular weight excluding hydrogens is 462 g/mol. The van der Waals surface area contributed by atoms with E-state index >= 15 is 0 Å². The van der Waals surface area contributed by atoms with E-state index in [9.17, 15) is 13.7 Å². The highest BCUT2D eigenvalue weighted by atomic mass is 32.2.